The number of nitrogens with one attached hydrogen (secondary N) is 6. The van der Waals surface area contributed by atoms with Crippen LogP contribution < -0.4 is 56.4 Å². The zero-order valence-corrected chi connectivity index (χ0v) is 77.1. The number of aliphatic hydroxyl groups excluding tert-OH is 10. The standard InChI is InChI=1S/C71H131N6O49P5/c1-5-104-24-25-113-129(98,99)125-46-31-58(106-22-16-10-7-13-19-73-55(86)40-109-70-61(76-43(3)83)67(92)64(89)50(35-80)122-70)119-52(46)37-116-128(96,97)112-27-29-115-131(102,103)126-47-32-59(107-23-17-11-8-14-20-74-56(87)41-110-71-62(77-44(4)84)68(93)65(90)51(36-81)123-71)120-53(47)38-117-127(94,95)111-26-28-114-130(100,101)124-45-30-57(118-48(45)33-78)105-21-15-9-6-12-18-72-54(85)39-108-69-60(75-42(2)82)66(91)63(88)49(34-79)121-69/h45-53,57-71,78-81,88-93H,5-41H2,1-4H3,(H,72,85)(H,73,86)(H,74,87)(H,75,82)(H,76,83)(H,77,84)(H,94,95)(H,96,97)(H,98,99)(H,100,101)(H,102,103)/p-5/t45?,46?,47?,48-,49-,50-,51-,52-,53-,57-,58-,59-,60-,61-,62-,63+,64+,65+,66-,67-,68-,69-,70-,71-/m1/s1. The molecule has 6 aliphatic heterocycles. The molecule has 0 aromatic carbocycles. The van der Waals surface area contributed by atoms with E-state index in [0.717, 1.165) is 20.8 Å². The van der Waals surface area contributed by atoms with Gasteiger partial charge in [-0.3, -0.25) is 51.6 Å². The molecule has 16 N–H and O–H groups in total. The molecule has 60 heteroatoms. The molecule has 55 nitrogen and oxygen atoms in total. The van der Waals surface area contributed by atoms with E-state index in [1.165, 1.54) is 0 Å². The topological polar surface area (TPSA) is 790 Å². The van der Waals surface area contributed by atoms with Gasteiger partial charge < -0.3 is 214 Å². The van der Waals surface area contributed by atoms with Gasteiger partial charge in [-0.15, -0.1) is 0 Å². The number of amides is 6. The maximum atomic E-state index is 13.4. The van der Waals surface area contributed by atoms with E-state index in [0.29, 0.717) is 77.0 Å². The first kappa shape index (κ1) is 116. The number of carbonyl (C=O) groups is 6. The van der Waals surface area contributed by atoms with E-state index >= 15 is 0 Å². The number of aliphatic hydroxyl groups is 10. The van der Waals surface area contributed by atoms with Crippen LogP contribution in [-0.2, 0) is 158 Å². The summed E-state index contributed by atoms with van der Waals surface area (Å²) in [5, 5.41) is 116. The lowest BCUT2D eigenvalue weighted by Crippen LogP contribution is -2.64. The van der Waals surface area contributed by atoms with Crippen molar-refractivity contribution >= 4 is 74.6 Å². The maximum absolute atomic E-state index is 13.4. The molecule has 0 bridgehead atoms. The summed E-state index contributed by atoms with van der Waals surface area (Å²) in [5.74, 6) is -3.53. The van der Waals surface area contributed by atoms with Crippen LogP contribution in [0.2, 0.25) is 0 Å². The summed E-state index contributed by atoms with van der Waals surface area (Å²) in [6.45, 7) is -5.26. The van der Waals surface area contributed by atoms with Crippen molar-refractivity contribution in [1.82, 2.24) is 31.9 Å². The number of hydrogen-bond donors (Lipinski definition) is 16. The van der Waals surface area contributed by atoms with Crippen molar-refractivity contribution < 1.29 is 234 Å². The van der Waals surface area contributed by atoms with Gasteiger partial charge in [-0.25, -0.2) is 0 Å². The molecule has 0 aliphatic carbocycles. The summed E-state index contributed by atoms with van der Waals surface area (Å²) in [6, 6.07) is -3.78. The van der Waals surface area contributed by atoms with Crippen molar-refractivity contribution in [3.05, 3.63) is 0 Å². The van der Waals surface area contributed by atoms with E-state index in [1.807, 2.05) is 0 Å². The minimum Gasteiger partial charge on any atom is -0.756 e. The number of rotatable bonds is 67. The molecule has 0 radical (unpaired) electrons. The minimum absolute atomic E-state index is 0.0294. The molecule has 6 aliphatic rings. The van der Waals surface area contributed by atoms with Crippen molar-refractivity contribution in [3.63, 3.8) is 0 Å². The van der Waals surface area contributed by atoms with E-state index < -0.39 is 321 Å². The number of phosphoric acid groups is 5. The highest BCUT2D eigenvalue weighted by atomic mass is 31.2. The Kier molecular flexibility index (Phi) is 53.0. The Balaban J connectivity index is 0.934. The first-order valence-electron chi connectivity index (χ1n) is 42.6. The molecule has 764 valence electrons. The smallest absolute Gasteiger partial charge is 0.268 e. The highest BCUT2D eigenvalue weighted by Crippen LogP contribution is 2.49. The van der Waals surface area contributed by atoms with Crippen LogP contribution in [-0.4, -0.2) is 379 Å². The van der Waals surface area contributed by atoms with Gasteiger partial charge in [-0.1, -0.05) is 38.5 Å². The molecular formula is C71H126N6O49P5-5. The van der Waals surface area contributed by atoms with Gasteiger partial charge in [0.1, 0.15) is 111 Å². The summed E-state index contributed by atoms with van der Waals surface area (Å²) < 4.78 is 187. The fraction of sp³-hybridized carbons (Fsp3) is 0.915. The first-order chi connectivity index (χ1) is 62.1. The Morgan fingerprint density at radius 2 is 0.595 bits per heavy atom. The number of phosphoric ester groups is 5. The molecule has 0 aromatic heterocycles. The third kappa shape index (κ3) is 43.4. The lowest BCUT2D eigenvalue weighted by atomic mass is 9.97. The van der Waals surface area contributed by atoms with Crippen LogP contribution in [0.5, 0.6) is 0 Å². The minimum atomic E-state index is -5.58. The molecule has 0 spiro atoms. The summed E-state index contributed by atoms with van der Waals surface area (Å²) in [7, 11) is -27.0. The monoisotopic (exact) mass is 2000 g/mol. The average Bonchev–Trinajstić information content (AvgIpc) is 1.71. The summed E-state index contributed by atoms with van der Waals surface area (Å²) in [4.78, 5) is 138. The predicted molar refractivity (Wildman–Crippen MR) is 424 cm³/mol. The average molecular weight is 2000 g/mol. The van der Waals surface area contributed by atoms with Gasteiger partial charge in [0.25, 0.3) is 39.1 Å². The van der Waals surface area contributed by atoms with Gasteiger partial charge in [-0.2, -0.15) is 0 Å². The Labute approximate surface area is 754 Å². The van der Waals surface area contributed by atoms with Gasteiger partial charge in [0.2, 0.25) is 35.4 Å². The van der Waals surface area contributed by atoms with E-state index in [4.69, 9.17) is 107 Å². The second kappa shape index (κ2) is 59.8. The van der Waals surface area contributed by atoms with Crippen molar-refractivity contribution in [3.8, 4) is 0 Å². The molecule has 131 heavy (non-hydrogen) atoms. The van der Waals surface area contributed by atoms with E-state index in [1.54, 1.807) is 6.92 Å². The number of ether oxygens (including phenoxy) is 13. The highest BCUT2D eigenvalue weighted by molar-refractivity contribution is 7.47. The van der Waals surface area contributed by atoms with Crippen LogP contribution >= 0.6 is 39.1 Å². The Hall–Kier alpha value is -3.55. The van der Waals surface area contributed by atoms with Gasteiger partial charge in [-0.05, 0) is 45.4 Å². The summed E-state index contributed by atoms with van der Waals surface area (Å²) in [5.41, 5.74) is 0. The number of carbonyl (C=O) groups excluding carboxylic acids is 6. The molecule has 6 amide bonds. The highest BCUT2D eigenvalue weighted by Gasteiger charge is 2.50. The quantitative estimate of drug-likeness (QED) is 0.0199. The third-order valence-electron chi connectivity index (χ3n) is 20.1. The van der Waals surface area contributed by atoms with Gasteiger partial charge in [0.15, 0.2) is 37.7 Å². The van der Waals surface area contributed by atoms with E-state index in [9.17, 15) is 127 Å². The predicted octanol–water partition coefficient (Wildman–Crippen LogP) is -8.07. The van der Waals surface area contributed by atoms with Gasteiger partial charge in [0, 0.05) is 86.1 Å². The van der Waals surface area contributed by atoms with Crippen LogP contribution in [0.25, 0.3) is 0 Å². The molecule has 8 unspecified atom stereocenters. The normalized spacial score (nSPS) is 31.6. The van der Waals surface area contributed by atoms with Crippen molar-refractivity contribution in [2.24, 2.45) is 0 Å². The first-order valence-corrected chi connectivity index (χ1v) is 49.9. The number of hydrogen-bond acceptors (Lipinski definition) is 49. The van der Waals surface area contributed by atoms with Crippen LogP contribution in [0, 0.1) is 0 Å². The molecule has 0 saturated carbocycles. The molecule has 6 saturated heterocycles. The van der Waals surface area contributed by atoms with Crippen molar-refractivity contribution in [2.45, 2.75) is 271 Å². The van der Waals surface area contributed by atoms with Crippen LogP contribution in [0.1, 0.15) is 124 Å². The second-order valence-electron chi connectivity index (χ2n) is 30.5. The molecule has 29 atom stereocenters. The van der Waals surface area contributed by atoms with Crippen LogP contribution in [0.4, 0.5) is 0 Å². The zero-order chi connectivity index (χ0) is 96.5. The molecule has 0 aromatic rings. The Morgan fingerprint density at radius 3 is 0.878 bits per heavy atom. The molecule has 6 fully saturated rings. The Bertz CT molecular complexity index is 3630. The third-order valence-corrected chi connectivity index (χ3v) is 25.1. The second-order valence-corrected chi connectivity index (χ2v) is 37.4. The molecule has 6 rings (SSSR count). The fourth-order valence-corrected chi connectivity index (χ4v) is 17.8. The number of unbranched alkanes of at least 4 members (excludes halogenated alkanes) is 9. The fourth-order valence-electron chi connectivity index (χ4n) is 13.6. The van der Waals surface area contributed by atoms with Crippen LogP contribution in [0.15, 0.2) is 0 Å². The van der Waals surface area contributed by atoms with Gasteiger partial charge in [0.05, 0.1) is 97.6 Å². The summed E-state index contributed by atoms with van der Waals surface area (Å²) in [6.07, 6.45) is -24.8. The van der Waals surface area contributed by atoms with Crippen molar-refractivity contribution in [1.29, 1.82) is 0 Å². The molecular weight excluding hydrogens is 1880 g/mol. The zero-order valence-electron chi connectivity index (χ0n) is 72.6. The SMILES string of the molecule is CCOCCOP(=O)([O-])OC1C[C@H](OCCCCCCNC(=O)CO[C@@H]2O[C@H](CO)[C@H](O)[C@H](O)[C@H]2NC(C)=O)O[C@@H]1COP(=O)([O-])OCCOP(=O)([O-])OC1C[C@H](OCCCCCCNC(=O)CO[C@@H]2O[C@H](CO)[C@H](O)[C@H](O)[C@H]2NC(C)=O)O[C@@H]1COP(=O)([O-])OCCOP(=O)([O-])OC1C[C@H](OCCCCCCNC(=O)CO[C@@H]2O[C@H](CO)[C@H](O)[C@H](O)[C@H]2NC(C)=O)O[C@@H]1CO. The van der Waals surface area contributed by atoms with Crippen LogP contribution in [0.3, 0.4) is 0 Å². The van der Waals surface area contributed by atoms with E-state index in [-0.39, 0.29) is 65.5 Å². The lowest BCUT2D eigenvalue weighted by molar-refractivity contribution is -0.268. The Morgan fingerprint density at radius 1 is 0.328 bits per heavy atom. The van der Waals surface area contributed by atoms with E-state index in [2.05, 4.69) is 31.9 Å². The summed E-state index contributed by atoms with van der Waals surface area (Å²) >= 11 is 0. The lowest BCUT2D eigenvalue weighted by Gasteiger charge is -2.42. The largest absolute Gasteiger partial charge is 0.756 e. The van der Waals surface area contributed by atoms with Crippen molar-refractivity contribution in [2.75, 3.05) is 145 Å². The molecule has 6 heterocycles. The maximum Gasteiger partial charge on any atom is 0.268 e. The van der Waals surface area contributed by atoms with Gasteiger partial charge >= 0.3 is 0 Å².